The maximum Gasteiger partial charge on any atom is 0.357 e. The van der Waals surface area contributed by atoms with Crippen LogP contribution in [-0.2, 0) is 0 Å². The summed E-state index contributed by atoms with van der Waals surface area (Å²) in [5, 5.41) is 10.1. The summed E-state index contributed by atoms with van der Waals surface area (Å²) in [5.74, 6) is -1.13. The van der Waals surface area contributed by atoms with Gasteiger partial charge < -0.3 is 10.8 Å². The molecule has 1 aromatic carbocycles. The summed E-state index contributed by atoms with van der Waals surface area (Å²) in [7, 11) is 0. The van der Waals surface area contributed by atoms with Gasteiger partial charge in [0.2, 0.25) is 0 Å². The Morgan fingerprint density at radius 1 is 1.53 bits per heavy atom. The zero-order valence-corrected chi connectivity index (χ0v) is 11.4. The van der Waals surface area contributed by atoms with Crippen molar-refractivity contribution in [1.82, 2.24) is 4.98 Å². The van der Waals surface area contributed by atoms with Crippen molar-refractivity contribution in [2.75, 3.05) is 5.73 Å². The van der Waals surface area contributed by atoms with E-state index in [0.29, 0.717) is 10.0 Å². The lowest BCUT2D eigenvalue weighted by molar-refractivity contribution is 0.0692. The lowest BCUT2D eigenvalue weighted by Gasteiger charge is -1.98. The number of hydrogen-bond acceptors (Lipinski definition) is 4. The molecule has 0 atom stereocenters. The van der Waals surface area contributed by atoms with Crippen molar-refractivity contribution < 1.29 is 9.90 Å². The van der Waals surface area contributed by atoms with Crippen molar-refractivity contribution in [1.29, 1.82) is 0 Å². The summed E-state index contributed by atoms with van der Waals surface area (Å²) >= 11 is 10.4. The average Bonchev–Trinajstić information content (AvgIpc) is 2.64. The van der Waals surface area contributed by atoms with E-state index in [0.717, 1.165) is 21.4 Å². The molecular formula is C10H6BrClN2O2S. The number of carboxylic acids is 1. The largest absolute Gasteiger partial charge is 0.476 e. The van der Waals surface area contributed by atoms with Gasteiger partial charge in [-0.3, -0.25) is 0 Å². The Balaban J connectivity index is 2.50. The van der Waals surface area contributed by atoms with Gasteiger partial charge in [-0.25, -0.2) is 9.78 Å². The van der Waals surface area contributed by atoms with Crippen LogP contribution in [0.2, 0.25) is 5.02 Å². The molecule has 2 rings (SSSR count). The molecule has 17 heavy (non-hydrogen) atoms. The van der Waals surface area contributed by atoms with Gasteiger partial charge in [-0.15, -0.1) is 0 Å². The number of carboxylic acid groups (broad SMARTS) is 1. The lowest BCUT2D eigenvalue weighted by Crippen LogP contribution is -2.00. The van der Waals surface area contributed by atoms with Crippen LogP contribution in [0, 0.1) is 0 Å². The molecule has 0 bridgehead atoms. The number of aromatic nitrogens is 1. The molecule has 0 fully saturated rings. The minimum absolute atomic E-state index is 0.121. The minimum Gasteiger partial charge on any atom is -0.476 e. The average molecular weight is 334 g/mol. The Morgan fingerprint density at radius 2 is 2.24 bits per heavy atom. The summed E-state index contributed by atoms with van der Waals surface area (Å²) in [6.45, 7) is 0. The number of nitrogens with two attached hydrogens (primary N) is 1. The third-order valence-corrected chi connectivity index (χ3v) is 4.19. The number of aromatic carboxylic acids is 1. The van der Waals surface area contributed by atoms with Gasteiger partial charge in [-0.2, -0.15) is 0 Å². The highest BCUT2D eigenvalue weighted by molar-refractivity contribution is 9.10. The number of nitrogens with zero attached hydrogens (tertiary/aromatic N) is 1. The molecule has 0 radical (unpaired) electrons. The minimum atomic E-state index is -1.13. The van der Waals surface area contributed by atoms with Crippen LogP contribution < -0.4 is 5.73 Å². The van der Waals surface area contributed by atoms with Crippen LogP contribution in [0.15, 0.2) is 22.7 Å². The summed E-state index contributed by atoms with van der Waals surface area (Å²) in [6.07, 6.45) is 0. The number of hydrogen-bond donors (Lipinski definition) is 2. The Hall–Kier alpha value is -1.11. The third-order valence-electron chi connectivity index (χ3n) is 2.02. The molecule has 0 aliphatic carbocycles. The van der Waals surface area contributed by atoms with Crippen molar-refractivity contribution >= 4 is 49.8 Å². The second kappa shape index (κ2) is 4.64. The van der Waals surface area contributed by atoms with Crippen molar-refractivity contribution in [3.63, 3.8) is 0 Å². The number of benzene rings is 1. The van der Waals surface area contributed by atoms with Gasteiger partial charge >= 0.3 is 5.97 Å². The van der Waals surface area contributed by atoms with E-state index in [2.05, 4.69) is 20.9 Å². The van der Waals surface area contributed by atoms with E-state index in [4.69, 9.17) is 22.4 Å². The van der Waals surface area contributed by atoms with Gasteiger partial charge in [0.15, 0.2) is 5.69 Å². The highest BCUT2D eigenvalue weighted by atomic mass is 79.9. The summed E-state index contributed by atoms with van der Waals surface area (Å²) in [5.41, 5.74) is 6.20. The van der Waals surface area contributed by atoms with Crippen LogP contribution in [0.3, 0.4) is 0 Å². The van der Waals surface area contributed by atoms with Gasteiger partial charge in [0.1, 0.15) is 10.0 Å². The van der Waals surface area contributed by atoms with E-state index in [9.17, 15) is 4.79 Å². The highest BCUT2D eigenvalue weighted by Crippen LogP contribution is 2.33. The maximum absolute atomic E-state index is 10.8. The van der Waals surface area contributed by atoms with Crippen LogP contribution in [0.1, 0.15) is 10.5 Å². The number of thiazole rings is 1. The molecule has 0 aliphatic heterocycles. The Labute approximate surface area is 114 Å². The molecule has 0 saturated carbocycles. The Bertz CT molecular complexity index is 600. The normalized spacial score (nSPS) is 10.5. The Morgan fingerprint density at radius 3 is 2.76 bits per heavy atom. The van der Waals surface area contributed by atoms with Crippen LogP contribution in [0.25, 0.3) is 10.6 Å². The molecule has 0 amide bonds. The number of nitrogen functional groups attached to an aromatic ring is 1. The number of halogens is 2. The topological polar surface area (TPSA) is 76.2 Å². The fourth-order valence-corrected chi connectivity index (χ4v) is 2.48. The molecule has 0 spiro atoms. The molecule has 3 N–H and O–H groups in total. The van der Waals surface area contributed by atoms with Gasteiger partial charge in [-0.05, 0) is 28.1 Å². The van der Waals surface area contributed by atoms with E-state index in [-0.39, 0.29) is 10.7 Å². The molecule has 0 aliphatic rings. The standard InChI is InChI=1S/C10H6BrClN2O2S/c11-5-2-1-4(3-6(5)12)9-14-7(10(15)16)8(13)17-9/h1-3H,13H2,(H,15,16). The maximum atomic E-state index is 10.8. The first-order chi connectivity index (χ1) is 7.99. The lowest BCUT2D eigenvalue weighted by atomic mass is 10.2. The van der Waals surface area contributed by atoms with Crippen LogP contribution in [0.5, 0.6) is 0 Å². The zero-order chi connectivity index (χ0) is 12.6. The molecular weight excluding hydrogens is 328 g/mol. The van der Waals surface area contributed by atoms with Gasteiger partial charge in [0.05, 0.1) is 5.02 Å². The van der Waals surface area contributed by atoms with Crippen LogP contribution in [-0.4, -0.2) is 16.1 Å². The summed E-state index contributed by atoms with van der Waals surface area (Å²) in [4.78, 5) is 14.8. The third kappa shape index (κ3) is 2.43. The van der Waals surface area contributed by atoms with E-state index in [1.165, 1.54) is 0 Å². The van der Waals surface area contributed by atoms with Crippen molar-refractivity contribution in [2.45, 2.75) is 0 Å². The van der Waals surface area contributed by atoms with Crippen molar-refractivity contribution in [3.05, 3.63) is 33.4 Å². The predicted molar refractivity (Wildman–Crippen MR) is 71.6 cm³/mol. The van der Waals surface area contributed by atoms with E-state index >= 15 is 0 Å². The first-order valence-corrected chi connectivity index (χ1v) is 6.43. The summed E-state index contributed by atoms with van der Waals surface area (Å²) < 4.78 is 0.769. The quantitative estimate of drug-likeness (QED) is 0.882. The predicted octanol–water partition coefficient (Wildman–Crippen LogP) is 3.51. The van der Waals surface area contributed by atoms with Crippen LogP contribution in [0.4, 0.5) is 5.00 Å². The fourth-order valence-electron chi connectivity index (χ4n) is 1.24. The molecule has 2 aromatic rings. The highest BCUT2D eigenvalue weighted by Gasteiger charge is 2.16. The Kier molecular flexibility index (Phi) is 3.37. The number of rotatable bonds is 2. The SMILES string of the molecule is Nc1sc(-c2ccc(Br)c(Cl)c2)nc1C(=O)O. The van der Waals surface area contributed by atoms with Gasteiger partial charge in [0.25, 0.3) is 0 Å². The van der Waals surface area contributed by atoms with E-state index in [1.807, 2.05) is 0 Å². The molecule has 0 unspecified atom stereocenters. The zero-order valence-electron chi connectivity index (χ0n) is 8.28. The van der Waals surface area contributed by atoms with Gasteiger partial charge in [-0.1, -0.05) is 29.0 Å². The molecule has 0 saturated heterocycles. The second-order valence-electron chi connectivity index (χ2n) is 3.17. The molecule has 4 nitrogen and oxygen atoms in total. The molecule has 1 aromatic heterocycles. The second-order valence-corrected chi connectivity index (χ2v) is 5.46. The van der Waals surface area contributed by atoms with E-state index < -0.39 is 5.97 Å². The van der Waals surface area contributed by atoms with Crippen LogP contribution >= 0.6 is 38.9 Å². The van der Waals surface area contributed by atoms with E-state index in [1.54, 1.807) is 18.2 Å². The summed E-state index contributed by atoms with van der Waals surface area (Å²) in [6, 6.07) is 5.27. The van der Waals surface area contributed by atoms with Gasteiger partial charge in [0, 0.05) is 10.0 Å². The monoisotopic (exact) mass is 332 g/mol. The van der Waals surface area contributed by atoms with Crippen molar-refractivity contribution in [3.8, 4) is 10.6 Å². The number of carbonyl (C=O) groups is 1. The number of anilines is 1. The first-order valence-electron chi connectivity index (χ1n) is 4.44. The van der Waals surface area contributed by atoms with Crippen molar-refractivity contribution in [2.24, 2.45) is 0 Å². The smallest absolute Gasteiger partial charge is 0.357 e. The first kappa shape index (κ1) is 12.3. The molecule has 1 heterocycles. The fraction of sp³-hybridized carbons (Fsp3) is 0. The molecule has 7 heteroatoms. The molecule has 88 valence electrons.